The summed E-state index contributed by atoms with van der Waals surface area (Å²) in [6.45, 7) is 0. The lowest BCUT2D eigenvalue weighted by Gasteiger charge is -2.16. The molecule has 1 aliphatic carbocycles. The zero-order chi connectivity index (χ0) is 19.3. The maximum absolute atomic E-state index is 5.45. The van der Waals surface area contributed by atoms with Crippen LogP contribution in [0, 0.1) is 0 Å². The first-order chi connectivity index (χ1) is 13.8. The predicted octanol–water partition coefficient (Wildman–Crippen LogP) is 3.82. The highest BCUT2D eigenvalue weighted by Crippen LogP contribution is 2.24. The summed E-state index contributed by atoms with van der Waals surface area (Å²) < 4.78 is 5.45. The number of para-hydroxylation sites is 1. The Morgan fingerprint density at radius 2 is 1.89 bits per heavy atom. The number of aromatic nitrogens is 3. The largest absolute Gasteiger partial charge is 0.496 e. The molecule has 0 saturated heterocycles. The molecule has 6 nitrogen and oxygen atoms in total. The molecular weight excluding hydrogens is 352 g/mol. The van der Waals surface area contributed by atoms with Crippen LogP contribution in [0.2, 0.25) is 0 Å². The highest BCUT2D eigenvalue weighted by molar-refractivity contribution is 6.01. The number of ether oxygens (including phenoxy) is 1. The maximum atomic E-state index is 5.45. The second kappa shape index (κ2) is 8.17. The third-order valence-corrected chi connectivity index (χ3v) is 4.81. The summed E-state index contributed by atoms with van der Waals surface area (Å²) in [4.78, 5) is 19.0. The van der Waals surface area contributed by atoms with Crippen molar-refractivity contribution in [2.24, 2.45) is 5.16 Å². The number of rotatable bonds is 5. The van der Waals surface area contributed by atoms with Gasteiger partial charge in [0.15, 0.2) is 5.82 Å². The molecule has 142 valence electrons. The standard InChI is InChI=1S/C22H22N4O2/c1-27-21-12-4-3-7-15(21)13-16-8-5-11-20(24-16)22-23-14-17-18(25-22)9-6-10-19(17)26-28-2/h3-5,7-8,11-12,14H,6,9-10,13H2,1-2H3. The summed E-state index contributed by atoms with van der Waals surface area (Å²) in [7, 11) is 3.25. The average Bonchev–Trinajstić information content (AvgIpc) is 2.74. The Hall–Kier alpha value is -3.28. The summed E-state index contributed by atoms with van der Waals surface area (Å²) >= 11 is 0. The van der Waals surface area contributed by atoms with Gasteiger partial charge in [-0.3, -0.25) is 0 Å². The van der Waals surface area contributed by atoms with Crippen LogP contribution < -0.4 is 4.74 Å². The lowest BCUT2D eigenvalue weighted by molar-refractivity contribution is 0.212. The molecule has 0 atom stereocenters. The van der Waals surface area contributed by atoms with Crippen LogP contribution >= 0.6 is 0 Å². The number of hydrogen-bond acceptors (Lipinski definition) is 6. The number of methoxy groups -OCH3 is 1. The van der Waals surface area contributed by atoms with Gasteiger partial charge in [0, 0.05) is 29.4 Å². The van der Waals surface area contributed by atoms with E-state index in [1.807, 2.05) is 42.6 Å². The third kappa shape index (κ3) is 3.71. The van der Waals surface area contributed by atoms with Crippen molar-refractivity contribution in [2.75, 3.05) is 14.2 Å². The Bertz CT molecular complexity index is 1020. The van der Waals surface area contributed by atoms with Crippen molar-refractivity contribution in [1.82, 2.24) is 15.0 Å². The summed E-state index contributed by atoms with van der Waals surface area (Å²) in [6, 6.07) is 13.9. The first-order valence-electron chi connectivity index (χ1n) is 9.33. The van der Waals surface area contributed by atoms with Crippen molar-refractivity contribution in [1.29, 1.82) is 0 Å². The first-order valence-corrected chi connectivity index (χ1v) is 9.33. The first kappa shape index (κ1) is 18.1. The van der Waals surface area contributed by atoms with Crippen LogP contribution in [-0.4, -0.2) is 34.9 Å². The number of pyridine rings is 1. The van der Waals surface area contributed by atoms with Gasteiger partial charge in [-0.2, -0.15) is 0 Å². The fourth-order valence-corrected chi connectivity index (χ4v) is 3.48. The minimum atomic E-state index is 0.638. The molecule has 0 N–H and O–H groups in total. The molecule has 2 heterocycles. The van der Waals surface area contributed by atoms with Crippen LogP contribution in [0.1, 0.15) is 35.4 Å². The smallest absolute Gasteiger partial charge is 0.178 e. The maximum Gasteiger partial charge on any atom is 0.178 e. The predicted molar refractivity (Wildman–Crippen MR) is 108 cm³/mol. The van der Waals surface area contributed by atoms with Crippen LogP contribution in [0.15, 0.2) is 53.8 Å². The molecule has 6 heteroatoms. The van der Waals surface area contributed by atoms with E-state index in [0.29, 0.717) is 12.2 Å². The Morgan fingerprint density at radius 1 is 1.00 bits per heavy atom. The molecule has 1 aromatic carbocycles. The van der Waals surface area contributed by atoms with E-state index in [1.54, 1.807) is 14.2 Å². The van der Waals surface area contributed by atoms with Gasteiger partial charge in [-0.1, -0.05) is 29.4 Å². The van der Waals surface area contributed by atoms with Crippen molar-refractivity contribution in [3.05, 3.63) is 71.2 Å². The van der Waals surface area contributed by atoms with Gasteiger partial charge in [0.1, 0.15) is 18.6 Å². The number of oxime groups is 1. The molecule has 0 saturated carbocycles. The molecule has 0 amide bonds. The van der Waals surface area contributed by atoms with Crippen LogP contribution in [0.5, 0.6) is 5.75 Å². The molecule has 1 aliphatic rings. The Labute approximate surface area is 164 Å². The molecule has 2 aromatic heterocycles. The molecule has 0 bridgehead atoms. The number of benzene rings is 1. The average molecular weight is 374 g/mol. The van der Waals surface area contributed by atoms with E-state index < -0.39 is 0 Å². The van der Waals surface area contributed by atoms with E-state index in [4.69, 9.17) is 19.5 Å². The summed E-state index contributed by atoms with van der Waals surface area (Å²) in [5.41, 5.74) is 5.71. The molecule has 0 aliphatic heterocycles. The van der Waals surface area contributed by atoms with E-state index in [-0.39, 0.29) is 0 Å². The number of hydrogen-bond donors (Lipinski definition) is 0. The minimum absolute atomic E-state index is 0.638. The van der Waals surface area contributed by atoms with Gasteiger partial charge in [0.2, 0.25) is 0 Å². The summed E-state index contributed by atoms with van der Waals surface area (Å²) in [5, 5.41) is 4.11. The van der Waals surface area contributed by atoms with E-state index in [0.717, 1.165) is 58.9 Å². The van der Waals surface area contributed by atoms with Gasteiger partial charge in [0.25, 0.3) is 0 Å². The molecule has 4 rings (SSSR count). The van der Waals surface area contributed by atoms with E-state index in [1.165, 1.54) is 0 Å². The van der Waals surface area contributed by atoms with Crippen LogP contribution in [0.3, 0.4) is 0 Å². The normalized spacial score (nSPS) is 14.6. The molecule has 0 radical (unpaired) electrons. The summed E-state index contributed by atoms with van der Waals surface area (Å²) in [5.74, 6) is 1.50. The van der Waals surface area contributed by atoms with E-state index >= 15 is 0 Å². The fraction of sp³-hybridized carbons (Fsp3) is 0.273. The van der Waals surface area contributed by atoms with E-state index in [2.05, 4.69) is 16.2 Å². The SMILES string of the molecule is CON=C1CCCc2nc(-c3cccc(Cc4ccccc4OC)n3)ncc21. The van der Waals surface area contributed by atoms with Gasteiger partial charge < -0.3 is 9.57 Å². The van der Waals surface area contributed by atoms with Gasteiger partial charge in [0.05, 0.1) is 18.5 Å². The molecular formula is C22H22N4O2. The van der Waals surface area contributed by atoms with Crippen LogP contribution in [0.25, 0.3) is 11.5 Å². The number of nitrogens with zero attached hydrogens (tertiary/aromatic N) is 4. The van der Waals surface area contributed by atoms with Crippen molar-refractivity contribution >= 4 is 5.71 Å². The van der Waals surface area contributed by atoms with Crippen molar-refractivity contribution in [3.63, 3.8) is 0 Å². The van der Waals surface area contributed by atoms with Crippen molar-refractivity contribution < 1.29 is 9.57 Å². The fourth-order valence-electron chi connectivity index (χ4n) is 3.48. The third-order valence-electron chi connectivity index (χ3n) is 4.81. The topological polar surface area (TPSA) is 69.5 Å². The van der Waals surface area contributed by atoms with Crippen molar-refractivity contribution in [2.45, 2.75) is 25.7 Å². The Balaban J connectivity index is 1.64. The Morgan fingerprint density at radius 3 is 2.75 bits per heavy atom. The zero-order valence-electron chi connectivity index (χ0n) is 16.1. The molecule has 3 aromatic rings. The zero-order valence-corrected chi connectivity index (χ0v) is 16.1. The molecule has 0 spiro atoms. The molecule has 0 unspecified atom stereocenters. The number of aryl methyl sites for hydroxylation is 1. The highest BCUT2D eigenvalue weighted by atomic mass is 16.6. The monoisotopic (exact) mass is 374 g/mol. The second-order valence-electron chi connectivity index (χ2n) is 6.63. The van der Waals surface area contributed by atoms with Crippen LogP contribution in [-0.2, 0) is 17.7 Å². The van der Waals surface area contributed by atoms with Crippen LogP contribution in [0.4, 0.5) is 0 Å². The lowest BCUT2D eigenvalue weighted by atomic mass is 9.95. The second-order valence-corrected chi connectivity index (χ2v) is 6.63. The van der Waals surface area contributed by atoms with Gasteiger partial charge in [-0.25, -0.2) is 15.0 Å². The van der Waals surface area contributed by atoms with Gasteiger partial charge in [-0.05, 0) is 37.5 Å². The van der Waals surface area contributed by atoms with E-state index in [9.17, 15) is 0 Å². The highest BCUT2D eigenvalue weighted by Gasteiger charge is 2.19. The number of fused-ring (bicyclic) bond motifs is 1. The van der Waals surface area contributed by atoms with Gasteiger partial charge >= 0.3 is 0 Å². The Kier molecular flexibility index (Phi) is 5.28. The van der Waals surface area contributed by atoms with Gasteiger partial charge in [-0.15, -0.1) is 0 Å². The lowest BCUT2D eigenvalue weighted by Crippen LogP contribution is -2.15. The van der Waals surface area contributed by atoms with Crippen molar-refractivity contribution in [3.8, 4) is 17.3 Å². The minimum Gasteiger partial charge on any atom is -0.496 e. The molecule has 28 heavy (non-hydrogen) atoms. The molecule has 0 fully saturated rings. The summed E-state index contributed by atoms with van der Waals surface area (Å²) in [6.07, 6.45) is 5.33. The quantitative estimate of drug-likeness (QED) is 0.635.